The third-order valence-electron chi connectivity index (χ3n) is 4.78. The van der Waals surface area contributed by atoms with Crippen LogP contribution < -0.4 is 11.1 Å². The highest BCUT2D eigenvalue weighted by Crippen LogP contribution is 2.32. The van der Waals surface area contributed by atoms with Crippen molar-refractivity contribution in [2.24, 2.45) is 0 Å². The molecule has 10 heteroatoms. The molecule has 0 amide bonds. The van der Waals surface area contributed by atoms with Gasteiger partial charge < -0.3 is 31.1 Å². The van der Waals surface area contributed by atoms with Crippen molar-refractivity contribution in [1.82, 2.24) is 19.5 Å². The first-order valence-electron chi connectivity index (χ1n) is 8.98. The summed E-state index contributed by atoms with van der Waals surface area (Å²) in [6, 6.07) is 10.0. The van der Waals surface area contributed by atoms with Crippen molar-refractivity contribution in [3.8, 4) is 0 Å². The maximum absolute atomic E-state index is 10.3. The Hall–Kier alpha value is -2.79. The minimum absolute atomic E-state index is 0.192. The molecule has 3 heterocycles. The van der Waals surface area contributed by atoms with Gasteiger partial charge in [-0.1, -0.05) is 30.3 Å². The number of fused-ring (bicyclic) bond motifs is 1. The fraction of sp³-hybridized carbons (Fsp3) is 0.389. The highest BCUT2D eigenvalue weighted by molar-refractivity contribution is 5.83. The highest BCUT2D eigenvalue weighted by Gasteiger charge is 2.44. The molecule has 10 nitrogen and oxygen atoms in total. The van der Waals surface area contributed by atoms with Crippen molar-refractivity contribution in [2.75, 3.05) is 24.2 Å². The largest absolute Gasteiger partial charge is 0.394 e. The van der Waals surface area contributed by atoms with Crippen LogP contribution in [-0.2, 0) is 11.2 Å². The van der Waals surface area contributed by atoms with Crippen LogP contribution in [0.4, 0.5) is 11.8 Å². The number of rotatable bonds is 6. The molecule has 2 unspecified atom stereocenters. The molecule has 1 saturated heterocycles. The van der Waals surface area contributed by atoms with Crippen LogP contribution in [-0.4, -0.2) is 66.3 Å². The first-order valence-corrected chi connectivity index (χ1v) is 8.98. The molecule has 1 aromatic carbocycles. The van der Waals surface area contributed by atoms with E-state index < -0.39 is 31.1 Å². The topological polar surface area (TPSA) is 152 Å². The van der Waals surface area contributed by atoms with E-state index in [1.54, 1.807) is 0 Å². The summed E-state index contributed by atoms with van der Waals surface area (Å²) in [5.74, 6) is 0.520. The summed E-state index contributed by atoms with van der Waals surface area (Å²) in [5.41, 5.74) is 7.92. The number of benzene rings is 1. The van der Waals surface area contributed by atoms with E-state index in [9.17, 15) is 15.3 Å². The van der Waals surface area contributed by atoms with Crippen molar-refractivity contribution >= 4 is 22.9 Å². The molecule has 148 valence electrons. The fourth-order valence-electron chi connectivity index (χ4n) is 3.28. The number of nitrogen functional groups attached to an aromatic ring is 1. The van der Waals surface area contributed by atoms with Gasteiger partial charge in [0, 0.05) is 6.54 Å². The molecule has 0 saturated carbocycles. The first-order chi connectivity index (χ1) is 13.6. The zero-order valence-corrected chi connectivity index (χ0v) is 15.0. The predicted octanol–water partition coefficient (Wildman–Crippen LogP) is -0.325. The summed E-state index contributed by atoms with van der Waals surface area (Å²) in [7, 11) is 0. The standard InChI is InChI=1S/C18H22N6O4/c19-15-12-16(23-18(22-15)20-7-6-10-4-2-1-3-5-10)24(9-21-12)17-14(27)13(26)11(8-25)28-17/h1-5,9,11,13-14,17,25-27H,6-8H2,(H3,19,20,22,23)/t11-,13?,14?,17-/m1/s1. The number of aliphatic hydroxyl groups excluding tert-OH is 3. The van der Waals surface area contributed by atoms with Crippen molar-refractivity contribution in [1.29, 1.82) is 0 Å². The van der Waals surface area contributed by atoms with E-state index in [0.717, 1.165) is 6.42 Å². The van der Waals surface area contributed by atoms with Crippen molar-refractivity contribution in [3.05, 3.63) is 42.2 Å². The molecule has 4 atom stereocenters. The molecule has 2 aromatic heterocycles. The maximum atomic E-state index is 10.3. The summed E-state index contributed by atoms with van der Waals surface area (Å²) < 4.78 is 7.04. The number of imidazole rings is 1. The lowest BCUT2D eigenvalue weighted by Crippen LogP contribution is -2.33. The lowest BCUT2D eigenvalue weighted by Gasteiger charge is -2.16. The van der Waals surface area contributed by atoms with Crippen molar-refractivity contribution in [2.45, 2.75) is 31.0 Å². The van der Waals surface area contributed by atoms with E-state index in [2.05, 4.69) is 20.3 Å². The molecule has 1 fully saturated rings. The Morgan fingerprint density at radius 2 is 1.93 bits per heavy atom. The Morgan fingerprint density at radius 3 is 2.64 bits per heavy atom. The van der Waals surface area contributed by atoms with Gasteiger partial charge in [-0.15, -0.1) is 0 Å². The average molecular weight is 386 g/mol. The number of anilines is 2. The highest BCUT2D eigenvalue weighted by atomic mass is 16.6. The van der Waals surface area contributed by atoms with Crippen LogP contribution in [0.15, 0.2) is 36.7 Å². The number of ether oxygens (including phenoxy) is 1. The van der Waals surface area contributed by atoms with E-state index in [4.69, 9.17) is 10.5 Å². The number of nitrogens with zero attached hydrogens (tertiary/aromatic N) is 4. The minimum Gasteiger partial charge on any atom is -0.394 e. The molecule has 28 heavy (non-hydrogen) atoms. The minimum atomic E-state index is -1.24. The second-order valence-electron chi connectivity index (χ2n) is 6.65. The van der Waals surface area contributed by atoms with Crippen LogP contribution in [0.2, 0.25) is 0 Å². The lowest BCUT2D eigenvalue weighted by molar-refractivity contribution is -0.0511. The number of aliphatic hydroxyl groups is 3. The van der Waals surface area contributed by atoms with E-state index in [1.165, 1.54) is 16.5 Å². The maximum Gasteiger partial charge on any atom is 0.226 e. The molecule has 1 aliphatic heterocycles. The van der Waals surface area contributed by atoms with Gasteiger partial charge in [0.05, 0.1) is 12.9 Å². The third kappa shape index (κ3) is 3.38. The predicted molar refractivity (Wildman–Crippen MR) is 101 cm³/mol. The Kier molecular flexibility index (Phi) is 5.09. The van der Waals surface area contributed by atoms with Crippen LogP contribution in [0, 0.1) is 0 Å². The number of aromatic nitrogens is 4. The summed E-state index contributed by atoms with van der Waals surface area (Å²) in [6.07, 6.45) is -2.07. The zero-order valence-electron chi connectivity index (χ0n) is 15.0. The first kappa shape index (κ1) is 18.6. The Labute approximate surface area is 160 Å². The SMILES string of the molecule is Nc1nc(NCCc2ccccc2)nc2c1ncn2[C@@H]1O[C@H](CO)C(O)C1O. The number of nitrogens with two attached hydrogens (primary N) is 1. The molecule has 0 spiro atoms. The molecule has 0 bridgehead atoms. The summed E-state index contributed by atoms with van der Waals surface area (Å²) in [4.78, 5) is 12.9. The molecule has 0 aliphatic carbocycles. The monoisotopic (exact) mass is 386 g/mol. The smallest absolute Gasteiger partial charge is 0.226 e. The normalized spacial score (nSPS) is 24.7. The van der Waals surface area contributed by atoms with Gasteiger partial charge in [0.2, 0.25) is 5.95 Å². The Morgan fingerprint density at radius 1 is 1.14 bits per heavy atom. The summed E-state index contributed by atoms with van der Waals surface area (Å²) in [6.45, 7) is 0.196. The number of hydrogen-bond donors (Lipinski definition) is 5. The zero-order chi connectivity index (χ0) is 19.7. The van der Waals surface area contributed by atoms with Crippen LogP contribution in [0.3, 0.4) is 0 Å². The molecule has 1 aliphatic rings. The van der Waals surface area contributed by atoms with Gasteiger partial charge >= 0.3 is 0 Å². The average Bonchev–Trinajstić information content (AvgIpc) is 3.24. The van der Waals surface area contributed by atoms with Gasteiger partial charge in [-0.2, -0.15) is 9.97 Å². The molecule has 3 aromatic rings. The molecule has 4 rings (SSSR count). The van der Waals surface area contributed by atoms with E-state index >= 15 is 0 Å². The van der Waals surface area contributed by atoms with E-state index in [1.807, 2.05) is 30.3 Å². The van der Waals surface area contributed by atoms with Gasteiger partial charge in [0.1, 0.15) is 23.8 Å². The number of nitrogens with one attached hydrogen (secondary N) is 1. The van der Waals surface area contributed by atoms with Crippen LogP contribution in [0.25, 0.3) is 11.2 Å². The third-order valence-corrected chi connectivity index (χ3v) is 4.78. The fourth-order valence-corrected chi connectivity index (χ4v) is 3.28. The summed E-state index contributed by atoms with van der Waals surface area (Å²) in [5, 5.41) is 32.7. The van der Waals surface area contributed by atoms with Gasteiger partial charge in [0.15, 0.2) is 17.7 Å². The van der Waals surface area contributed by atoms with Crippen molar-refractivity contribution < 1.29 is 20.1 Å². The molecular weight excluding hydrogens is 364 g/mol. The van der Waals surface area contributed by atoms with Crippen LogP contribution >= 0.6 is 0 Å². The lowest BCUT2D eigenvalue weighted by atomic mass is 10.1. The van der Waals surface area contributed by atoms with Gasteiger partial charge in [-0.3, -0.25) is 4.57 Å². The number of hydrogen-bond acceptors (Lipinski definition) is 9. The van der Waals surface area contributed by atoms with Gasteiger partial charge in [-0.25, -0.2) is 4.98 Å². The molecule has 0 radical (unpaired) electrons. The van der Waals surface area contributed by atoms with Gasteiger partial charge in [0.25, 0.3) is 0 Å². The Bertz CT molecular complexity index is 950. The summed E-state index contributed by atoms with van der Waals surface area (Å²) >= 11 is 0. The van der Waals surface area contributed by atoms with E-state index in [0.29, 0.717) is 23.7 Å². The van der Waals surface area contributed by atoms with Crippen LogP contribution in [0.1, 0.15) is 11.8 Å². The second-order valence-corrected chi connectivity index (χ2v) is 6.65. The second kappa shape index (κ2) is 7.68. The van der Waals surface area contributed by atoms with E-state index in [-0.39, 0.29) is 5.82 Å². The van der Waals surface area contributed by atoms with Crippen LogP contribution in [0.5, 0.6) is 0 Å². The van der Waals surface area contributed by atoms with Crippen molar-refractivity contribution in [3.63, 3.8) is 0 Å². The Balaban J connectivity index is 1.56. The quantitative estimate of drug-likeness (QED) is 0.383. The molecule has 6 N–H and O–H groups in total. The van der Waals surface area contributed by atoms with Gasteiger partial charge in [-0.05, 0) is 12.0 Å². The molecular formula is C18H22N6O4.